The molecule has 1 aliphatic heterocycles. The Hall–Kier alpha value is -1.44. The summed E-state index contributed by atoms with van der Waals surface area (Å²) in [6, 6.07) is 7.99. The maximum absolute atomic E-state index is 5.42. The third-order valence-corrected chi connectivity index (χ3v) is 2.05. The van der Waals surface area contributed by atoms with E-state index in [0.29, 0.717) is 12.6 Å². The predicted molar refractivity (Wildman–Crippen MR) is 50.5 cm³/mol. The fourth-order valence-corrected chi connectivity index (χ4v) is 1.41. The minimum absolute atomic E-state index is 0.396. The van der Waals surface area contributed by atoms with Crippen molar-refractivity contribution < 1.29 is 9.47 Å². The summed E-state index contributed by atoms with van der Waals surface area (Å²) < 4.78 is 10.6. The van der Waals surface area contributed by atoms with E-state index in [1.165, 1.54) is 5.56 Å². The molecule has 0 atom stereocenters. The van der Waals surface area contributed by atoms with Crippen molar-refractivity contribution in [2.24, 2.45) is 0 Å². The summed E-state index contributed by atoms with van der Waals surface area (Å²) in [4.78, 5) is 0. The molecule has 68 valence electrons. The van der Waals surface area contributed by atoms with Crippen LogP contribution in [0.3, 0.4) is 0 Å². The van der Waals surface area contributed by atoms with Crippen LogP contribution in [0.2, 0.25) is 0 Å². The Kier molecular flexibility index (Phi) is 2.21. The maximum Gasteiger partial charge on any atom is 0.277 e. The number of fused-ring (bicyclic) bond motifs is 1. The van der Waals surface area contributed by atoms with Gasteiger partial charge in [-0.2, -0.15) is 0 Å². The highest BCUT2D eigenvalue weighted by Gasteiger charge is 2.08. The van der Waals surface area contributed by atoms with E-state index in [1.807, 2.05) is 18.2 Å². The van der Waals surface area contributed by atoms with E-state index < -0.39 is 0 Å². The van der Waals surface area contributed by atoms with Gasteiger partial charge in [0.2, 0.25) is 0 Å². The molecule has 0 saturated heterocycles. The summed E-state index contributed by atoms with van der Waals surface area (Å²) in [6.07, 6.45) is 2.02. The van der Waals surface area contributed by atoms with E-state index in [2.05, 4.69) is 12.6 Å². The standard InChI is InChI=1S/C11H12O2/c1-9-12-8-4-6-10-5-2-3-7-11(10)13-9/h2-3,5,7H,1,4,6,8H2. The smallest absolute Gasteiger partial charge is 0.277 e. The van der Waals surface area contributed by atoms with Gasteiger partial charge in [0.1, 0.15) is 5.75 Å². The molecule has 0 radical (unpaired) electrons. The summed E-state index contributed by atoms with van der Waals surface area (Å²) in [6.45, 7) is 4.36. The molecule has 0 amide bonds. The normalized spacial score (nSPS) is 16.2. The van der Waals surface area contributed by atoms with Crippen molar-refractivity contribution in [2.75, 3.05) is 6.61 Å². The van der Waals surface area contributed by atoms with Gasteiger partial charge in [-0.1, -0.05) is 18.2 Å². The highest BCUT2D eigenvalue weighted by atomic mass is 16.7. The van der Waals surface area contributed by atoms with Crippen LogP contribution < -0.4 is 4.74 Å². The third-order valence-electron chi connectivity index (χ3n) is 2.05. The lowest BCUT2D eigenvalue weighted by Gasteiger charge is -2.16. The summed E-state index contributed by atoms with van der Waals surface area (Å²) >= 11 is 0. The Balaban J connectivity index is 2.30. The molecule has 0 bridgehead atoms. The fourth-order valence-electron chi connectivity index (χ4n) is 1.41. The zero-order valence-corrected chi connectivity index (χ0v) is 7.45. The second kappa shape index (κ2) is 3.52. The number of para-hydroxylation sites is 1. The Bertz CT molecular complexity index is 318. The van der Waals surface area contributed by atoms with Crippen LogP contribution in [-0.2, 0) is 11.2 Å². The summed E-state index contributed by atoms with van der Waals surface area (Å²) in [7, 11) is 0. The van der Waals surface area contributed by atoms with Gasteiger partial charge in [-0.3, -0.25) is 0 Å². The fraction of sp³-hybridized carbons (Fsp3) is 0.273. The first-order valence-corrected chi connectivity index (χ1v) is 4.44. The van der Waals surface area contributed by atoms with Crippen molar-refractivity contribution in [3.8, 4) is 5.75 Å². The van der Waals surface area contributed by atoms with Crippen LogP contribution >= 0.6 is 0 Å². The third kappa shape index (κ3) is 1.83. The average molecular weight is 176 g/mol. The molecule has 2 rings (SSSR count). The van der Waals surface area contributed by atoms with Crippen LogP contribution in [0, 0.1) is 0 Å². The van der Waals surface area contributed by atoms with Crippen LogP contribution in [0.25, 0.3) is 0 Å². The van der Waals surface area contributed by atoms with Crippen LogP contribution in [0.4, 0.5) is 0 Å². The molecule has 0 spiro atoms. The van der Waals surface area contributed by atoms with Crippen LogP contribution in [0.1, 0.15) is 12.0 Å². The molecule has 1 aromatic rings. The quantitative estimate of drug-likeness (QED) is 0.604. The van der Waals surface area contributed by atoms with E-state index in [4.69, 9.17) is 9.47 Å². The van der Waals surface area contributed by atoms with Crippen molar-refractivity contribution in [3.05, 3.63) is 42.4 Å². The predicted octanol–water partition coefficient (Wildman–Crippen LogP) is 2.50. The van der Waals surface area contributed by atoms with Gasteiger partial charge in [-0.15, -0.1) is 0 Å². The molecule has 0 unspecified atom stereocenters. The Labute approximate surface area is 77.8 Å². The van der Waals surface area contributed by atoms with Crippen molar-refractivity contribution >= 4 is 0 Å². The van der Waals surface area contributed by atoms with Gasteiger partial charge in [0.25, 0.3) is 5.95 Å². The Morgan fingerprint density at radius 3 is 3.00 bits per heavy atom. The van der Waals surface area contributed by atoms with Crippen molar-refractivity contribution in [2.45, 2.75) is 12.8 Å². The van der Waals surface area contributed by atoms with Crippen molar-refractivity contribution in [3.63, 3.8) is 0 Å². The molecule has 0 saturated carbocycles. The van der Waals surface area contributed by atoms with Gasteiger partial charge in [0, 0.05) is 0 Å². The molecule has 0 fully saturated rings. The molecule has 1 heterocycles. The minimum Gasteiger partial charge on any atom is -0.466 e. The molecule has 0 aromatic heterocycles. The molecule has 13 heavy (non-hydrogen) atoms. The molecule has 2 heteroatoms. The largest absolute Gasteiger partial charge is 0.466 e. The lowest BCUT2D eigenvalue weighted by molar-refractivity contribution is 0.100. The van der Waals surface area contributed by atoms with Gasteiger partial charge in [-0.25, -0.2) is 0 Å². The van der Waals surface area contributed by atoms with E-state index in [-0.39, 0.29) is 0 Å². The lowest BCUT2D eigenvalue weighted by atomic mass is 10.1. The van der Waals surface area contributed by atoms with E-state index in [1.54, 1.807) is 0 Å². The van der Waals surface area contributed by atoms with E-state index in [0.717, 1.165) is 18.6 Å². The molecule has 0 N–H and O–H groups in total. The van der Waals surface area contributed by atoms with Gasteiger partial charge in [0.15, 0.2) is 0 Å². The summed E-state index contributed by atoms with van der Waals surface area (Å²) in [5.74, 6) is 1.26. The first-order valence-electron chi connectivity index (χ1n) is 4.44. The zero-order valence-electron chi connectivity index (χ0n) is 7.45. The second-order valence-electron chi connectivity index (χ2n) is 3.03. The van der Waals surface area contributed by atoms with Gasteiger partial charge in [-0.05, 0) is 31.1 Å². The molecular weight excluding hydrogens is 164 g/mol. The maximum atomic E-state index is 5.42. The summed E-state index contributed by atoms with van der Waals surface area (Å²) in [5, 5.41) is 0. The highest BCUT2D eigenvalue weighted by Crippen LogP contribution is 2.23. The monoisotopic (exact) mass is 176 g/mol. The molecule has 1 aromatic carbocycles. The number of ether oxygens (including phenoxy) is 2. The number of benzene rings is 1. The Morgan fingerprint density at radius 2 is 2.08 bits per heavy atom. The SMILES string of the molecule is C=C1OCCCc2ccccc2O1. The molecule has 2 nitrogen and oxygen atoms in total. The topological polar surface area (TPSA) is 18.5 Å². The van der Waals surface area contributed by atoms with E-state index in [9.17, 15) is 0 Å². The highest BCUT2D eigenvalue weighted by molar-refractivity contribution is 5.34. The zero-order chi connectivity index (χ0) is 9.10. The van der Waals surface area contributed by atoms with Crippen molar-refractivity contribution in [1.29, 1.82) is 0 Å². The van der Waals surface area contributed by atoms with Gasteiger partial charge >= 0.3 is 0 Å². The first kappa shape index (κ1) is 8.17. The molecular formula is C11H12O2. The lowest BCUT2D eigenvalue weighted by Crippen LogP contribution is -2.07. The number of hydrogen-bond acceptors (Lipinski definition) is 2. The number of rotatable bonds is 0. The van der Waals surface area contributed by atoms with Gasteiger partial charge < -0.3 is 9.47 Å². The average Bonchev–Trinajstić information content (AvgIpc) is 2.11. The first-order chi connectivity index (χ1) is 6.36. The van der Waals surface area contributed by atoms with Crippen LogP contribution in [-0.4, -0.2) is 6.61 Å². The summed E-state index contributed by atoms with van der Waals surface area (Å²) in [5.41, 5.74) is 1.23. The van der Waals surface area contributed by atoms with Crippen LogP contribution in [0.15, 0.2) is 36.8 Å². The second-order valence-corrected chi connectivity index (χ2v) is 3.03. The number of hydrogen-bond donors (Lipinski definition) is 0. The van der Waals surface area contributed by atoms with Crippen LogP contribution in [0.5, 0.6) is 5.75 Å². The molecule has 1 aliphatic rings. The van der Waals surface area contributed by atoms with E-state index >= 15 is 0 Å². The number of aryl methyl sites for hydroxylation is 1. The van der Waals surface area contributed by atoms with Crippen molar-refractivity contribution in [1.82, 2.24) is 0 Å². The Morgan fingerprint density at radius 1 is 1.23 bits per heavy atom. The molecule has 0 aliphatic carbocycles. The van der Waals surface area contributed by atoms with Gasteiger partial charge in [0.05, 0.1) is 6.61 Å². The minimum atomic E-state index is 0.396.